The highest BCUT2D eigenvalue weighted by Crippen LogP contribution is 2.29. The van der Waals surface area contributed by atoms with Crippen LogP contribution in [0.15, 0.2) is 46.9 Å². The topological polar surface area (TPSA) is 35.2 Å². The predicted molar refractivity (Wildman–Crippen MR) is 92.0 cm³/mol. The van der Waals surface area contributed by atoms with E-state index in [1.54, 1.807) is 0 Å². The molecule has 0 fully saturated rings. The maximum absolute atomic E-state index is 6.04. The molecule has 0 aromatic heterocycles. The molecular weight excluding hydrogens is 326 g/mol. The molecule has 0 bridgehead atoms. The standard InChI is InChI=1S/C18H22BrNO/c1-3-4-14-5-9-17(10-6-14)21-18-12-16(19)8-7-15(18)11-13(2)20/h5-10,12-13H,3-4,11,20H2,1-2H3. The zero-order chi connectivity index (χ0) is 15.2. The molecule has 2 aromatic rings. The molecule has 0 aliphatic heterocycles. The molecule has 2 rings (SSSR count). The molecule has 3 heteroatoms. The van der Waals surface area contributed by atoms with Crippen LogP contribution in [-0.4, -0.2) is 6.04 Å². The van der Waals surface area contributed by atoms with Crippen molar-refractivity contribution in [3.05, 3.63) is 58.1 Å². The van der Waals surface area contributed by atoms with Crippen LogP contribution < -0.4 is 10.5 Å². The van der Waals surface area contributed by atoms with Crippen molar-refractivity contribution in [3.8, 4) is 11.5 Å². The summed E-state index contributed by atoms with van der Waals surface area (Å²) in [7, 11) is 0. The second-order valence-electron chi connectivity index (χ2n) is 5.43. The summed E-state index contributed by atoms with van der Waals surface area (Å²) in [4.78, 5) is 0. The van der Waals surface area contributed by atoms with Crippen molar-refractivity contribution in [2.45, 2.75) is 39.2 Å². The quantitative estimate of drug-likeness (QED) is 0.790. The van der Waals surface area contributed by atoms with E-state index in [4.69, 9.17) is 10.5 Å². The largest absolute Gasteiger partial charge is 0.457 e. The number of aryl methyl sites for hydroxylation is 1. The Labute approximate surface area is 135 Å². The van der Waals surface area contributed by atoms with E-state index in [0.29, 0.717) is 0 Å². The molecule has 0 spiro atoms. The van der Waals surface area contributed by atoms with E-state index >= 15 is 0 Å². The molecule has 21 heavy (non-hydrogen) atoms. The zero-order valence-corrected chi connectivity index (χ0v) is 14.2. The van der Waals surface area contributed by atoms with Crippen LogP contribution in [0.4, 0.5) is 0 Å². The van der Waals surface area contributed by atoms with Crippen molar-refractivity contribution < 1.29 is 4.74 Å². The van der Waals surface area contributed by atoms with Crippen LogP contribution in [0, 0.1) is 0 Å². The zero-order valence-electron chi connectivity index (χ0n) is 12.6. The van der Waals surface area contributed by atoms with Crippen LogP contribution >= 0.6 is 15.9 Å². The third-order valence-electron chi connectivity index (χ3n) is 3.26. The summed E-state index contributed by atoms with van der Waals surface area (Å²) in [5.74, 6) is 1.73. The molecule has 0 aliphatic carbocycles. The summed E-state index contributed by atoms with van der Waals surface area (Å²) in [6, 6.07) is 14.5. The smallest absolute Gasteiger partial charge is 0.131 e. The third kappa shape index (κ3) is 4.87. The van der Waals surface area contributed by atoms with Crippen LogP contribution in [0.2, 0.25) is 0 Å². The van der Waals surface area contributed by atoms with Gasteiger partial charge in [-0.3, -0.25) is 0 Å². The number of ether oxygens (including phenoxy) is 1. The lowest BCUT2D eigenvalue weighted by Gasteiger charge is -2.13. The predicted octanol–water partition coefficient (Wildman–Crippen LogP) is 5.08. The van der Waals surface area contributed by atoms with Crippen molar-refractivity contribution in [2.24, 2.45) is 5.73 Å². The Morgan fingerprint density at radius 2 is 1.86 bits per heavy atom. The lowest BCUT2D eigenvalue weighted by atomic mass is 10.1. The van der Waals surface area contributed by atoms with E-state index in [1.165, 1.54) is 5.56 Å². The fourth-order valence-electron chi connectivity index (χ4n) is 2.28. The summed E-state index contributed by atoms with van der Waals surface area (Å²) in [6.45, 7) is 4.19. The highest BCUT2D eigenvalue weighted by Gasteiger charge is 2.08. The minimum atomic E-state index is 0.112. The second-order valence-corrected chi connectivity index (χ2v) is 6.35. The van der Waals surface area contributed by atoms with Crippen LogP contribution in [0.25, 0.3) is 0 Å². The molecule has 2 aromatic carbocycles. The van der Waals surface area contributed by atoms with E-state index in [0.717, 1.165) is 40.8 Å². The van der Waals surface area contributed by atoms with Gasteiger partial charge in [0.15, 0.2) is 0 Å². The number of halogens is 1. The highest BCUT2D eigenvalue weighted by molar-refractivity contribution is 9.10. The molecule has 112 valence electrons. The van der Waals surface area contributed by atoms with Crippen molar-refractivity contribution in [2.75, 3.05) is 0 Å². The third-order valence-corrected chi connectivity index (χ3v) is 3.75. The first-order chi connectivity index (χ1) is 10.1. The van der Waals surface area contributed by atoms with Gasteiger partial charge in [0.05, 0.1) is 0 Å². The first-order valence-corrected chi connectivity index (χ1v) is 8.18. The fourth-order valence-corrected chi connectivity index (χ4v) is 2.62. The van der Waals surface area contributed by atoms with Gasteiger partial charge in [-0.1, -0.05) is 47.5 Å². The number of benzene rings is 2. The second kappa shape index (κ2) is 7.62. The fraction of sp³-hybridized carbons (Fsp3) is 0.333. The SMILES string of the molecule is CCCc1ccc(Oc2cc(Br)ccc2CC(C)N)cc1. The van der Waals surface area contributed by atoms with Crippen LogP contribution in [-0.2, 0) is 12.8 Å². The molecule has 0 aliphatic rings. The average Bonchev–Trinajstić information content (AvgIpc) is 2.44. The van der Waals surface area contributed by atoms with Gasteiger partial charge in [-0.05, 0) is 55.2 Å². The minimum Gasteiger partial charge on any atom is -0.457 e. The molecular formula is C18H22BrNO. The summed E-state index contributed by atoms with van der Waals surface area (Å²) < 4.78 is 7.05. The lowest BCUT2D eigenvalue weighted by molar-refractivity contribution is 0.473. The van der Waals surface area contributed by atoms with Crippen molar-refractivity contribution in [3.63, 3.8) is 0 Å². The summed E-state index contributed by atoms with van der Waals surface area (Å²) >= 11 is 3.50. The Kier molecular flexibility index (Phi) is 5.83. The van der Waals surface area contributed by atoms with Gasteiger partial charge in [0, 0.05) is 10.5 Å². The Morgan fingerprint density at radius 1 is 1.14 bits per heavy atom. The molecule has 0 saturated heterocycles. The van der Waals surface area contributed by atoms with Crippen LogP contribution in [0.5, 0.6) is 11.5 Å². The van der Waals surface area contributed by atoms with Gasteiger partial charge in [-0.25, -0.2) is 0 Å². The Hall–Kier alpha value is -1.32. The van der Waals surface area contributed by atoms with Gasteiger partial charge in [0.1, 0.15) is 11.5 Å². The average molecular weight is 348 g/mol. The number of rotatable bonds is 6. The van der Waals surface area contributed by atoms with Gasteiger partial charge in [0.25, 0.3) is 0 Å². The van der Waals surface area contributed by atoms with E-state index in [1.807, 2.05) is 31.2 Å². The monoisotopic (exact) mass is 347 g/mol. The first-order valence-electron chi connectivity index (χ1n) is 7.39. The van der Waals surface area contributed by atoms with Crippen molar-refractivity contribution in [1.82, 2.24) is 0 Å². The van der Waals surface area contributed by atoms with E-state index in [2.05, 4.69) is 41.1 Å². The van der Waals surface area contributed by atoms with Crippen molar-refractivity contribution >= 4 is 15.9 Å². The molecule has 0 heterocycles. The molecule has 0 amide bonds. The van der Waals surface area contributed by atoms with Crippen LogP contribution in [0.3, 0.4) is 0 Å². The van der Waals surface area contributed by atoms with Gasteiger partial charge >= 0.3 is 0 Å². The number of hydrogen-bond acceptors (Lipinski definition) is 2. The van der Waals surface area contributed by atoms with Crippen LogP contribution in [0.1, 0.15) is 31.4 Å². The van der Waals surface area contributed by atoms with Crippen molar-refractivity contribution in [1.29, 1.82) is 0 Å². The Balaban J connectivity index is 2.19. The Bertz CT molecular complexity index is 578. The Morgan fingerprint density at radius 3 is 2.48 bits per heavy atom. The molecule has 1 unspecified atom stereocenters. The van der Waals surface area contributed by atoms with E-state index in [9.17, 15) is 0 Å². The van der Waals surface area contributed by atoms with Gasteiger partial charge in [0.2, 0.25) is 0 Å². The molecule has 0 saturated carbocycles. The van der Waals surface area contributed by atoms with E-state index in [-0.39, 0.29) is 6.04 Å². The maximum Gasteiger partial charge on any atom is 0.131 e. The first kappa shape index (κ1) is 16.1. The van der Waals surface area contributed by atoms with E-state index < -0.39 is 0 Å². The summed E-state index contributed by atoms with van der Waals surface area (Å²) in [5, 5.41) is 0. The highest BCUT2D eigenvalue weighted by atomic mass is 79.9. The normalized spacial score (nSPS) is 12.2. The minimum absolute atomic E-state index is 0.112. The summed E-state index contributed by atoms with van der Waals surface area (Å²) in [5.41, 5.74) is 8.38. The number of hydrogen-bond donors (Lipinski definition) is 1. The summed E-state index contributed by atoms with van der Waals surface area (Å²) in [6.07, 6.45) is 3.06. The number of nitrogens with two attached hydrogens (primary N) is 1. The maximum atomic E-state index is 6.04. The van der Waals surface area contributed by atoms with Gasteiger partial charge in [-0.2, -0.15) is 0 Å². The molecule has 1 atom stereocenters. The molecule has 2 nitrogen and oxygen atoms in total. The molecule has 2 N–H and O–H groups in total. The lowest BCUT2D eigenvalue weighted by Crippen LogP contribution is -2.18. The molecule has 0 radical (unpaired) electrons. The van der Waals surface area contributed by atoms with Gasteiger partial charge in [-0.15, -0.1) is 0 Å². The van der Waals surface area contributed by atoms with Gasteiger partial charge < -0.3 is 10.5 Å².